The third kappa shape index (κ3) is 2.69. The second-order valence-electron chi connectivity index (χ2n) is 3.28. The van der Waals surface area contributed by atoms with Crippen molar-refractivity contribution in [2.75, 3.05) is 6.54 Å². The van der Waals surface area contributed by atoms with Crippen molar-refractivity contribution >= 4 is 11.8 Å². The van der Waals surface area contributed by atoms with Crippen LogP contribution in [0.25, 0.3) is 0 Å². The maximum atomic E-state index is 11.4. The van der Waals surface area contributed by atoms with Gasteiger partial charge >= 0.3 is 0 Å². The predicted molar refractivity (Wildman–Crippen MR) is 47.8 cm³/mol. The van der Waals surface area contributed by atoms with Crippen LogP contribution in [0.2, 0.25) is 0 Å². The van der Waals surface area contributed by atoms with E-state index in [1.54, 1.807) is 6.92 Å². The van der Waals surface area contributed by atoms with Gasteiger partial charge < -0.3 is 16.4 Å². The summed E-state index contributed by atoms with van der Waals surface area (Å²) < 4.78 is 0. The summed E-state index contributed by atoms with van der Waals surface area (Å²) in [5.41, 5.74) is 5.01. The Morgan fingerprint density at radius 3 is 2.77 bits per heavy atom. The molecule has 0 bridgehead atoms. The van der Waals surface area contributed by atoms with E-state index in [9.17, 15) is 9.59 Å². The van der Waals surface area contributed by atoms with Crippen molar-refractivity contribution in [1.82, 2.24) is 10.6 Å². The third-order valence-electron chi connectivity index (χ3n) is 2.16. The molecule has 2 atom stereocenters. The average molecular weight is 185 g/mol. The van der Waals surface area contributed by atoms with Crippen molar-refractivity contribution in [3.63, 3.8) is 0 Å². The number of carbonyl (C=O) groups is 2. The van der Waals surface area contributed by atoms with Crippen LogP contribution in [0.5, 0.6) is 0 Å². The van der Waals surface area contributed by atoms with Crippen molar-refractivity contribution in [2.45, 2.75) is 31.8 Å². The smallest absolute Gasteiger partial charge is 0.239 e. The van der Waals surface area contributed by atoms with Gasteiger partial charge in [-0.05, 0) is 26.3 Å². The van der Waals surface area contributed by atoms with E-state index in [1.165, 1.54) is 0 Å². The van der Waals surface area contributed by atoms with E-state index in [0.717, 1.165) is 19.4 Å². The molecule has 0 radical (unpaired) electrons. The van der Waals surface area contributed by atoms with Gasteiger partial charge in [0.25, 0.3) is 0 Å². The van der Waals surface area contributed by atoms with E-state index in [1.807, 2.05) is 0 Å². The van der Waals surface area contributed by atoms with E-state index in [0.29, 0.717) is 0 Å². The summed E-state index contributed by atoms with van der Waals surface area (Å²) in [4.78, 5) is 22.0. The molecule has 0 aromatic rings. The summed E-state index contributed by atoms with van der Waals surface area (Å²) in [6.45, 7) is 2.44. The third-order valence-corrected chi connectivity index (χ3v) is 2.16. The first kappa shape index (κ1) is 9.98. The lowest BCUT2D eigenvalue weighted by Gasteiger charge is -2.14. The highest BCUT2D eigenvalue weighted by molar-refractivity contribution is 5.88. The van der Waals surface area contributed by atoms with Crippen LogP contribution in [-0.2, 0) is 9.59 Å². The van der Waals surface area contributed by atoms with Crippen LogP contribution in [0, 0.1) is 0 Å². The summed E-state index contributed by atoms with van der Waals surface area (Å²) in [5.74, 6) is -0.643. The molecule has 74 valence electrons. The molecular weight excluding hydrogens is 170 g/mol. The molecule has 2 unspecified atom stereocenters. The van der Waals surface area contributed by atoms with Gasteiger partial charge in [0.05, 0.1) is 6.04 Å². The van der Waals surface area contributed by atoms with E-state index in [-0.39, 0.29) is 11.9 Å². The minimum absolute atomic E-state index is 0.135. The lowest BCUT2D eigenvalue weighted by molar-refractivity contribution is -0.128. The molecule has 13 heavy (non-hydrogen) atoms. The van der Waals surface area contributed by atoms with Crippen LogP contribution < -0.4 is 16.4 Å². The van der Waals surface area contributed by atoms with Gasteiger partial charge in [-0.3, -0.25) is 9.59 Å². The van der Waals surface area contributed by atoms with Crippen molar-refractivity contribution in [3.05, 3.63) is 0 Å². The molecule has 0 spiro atoms. The van der Waals surface area contributed by atoms with Crippen molar-refractivity contribution in [2.24, 2.45) is 5.73 Å². The van der Waals surface area contributed by atoms with Gasteiger partial charge in [0.15, 0.2) is 0 Å². The Kier molecular flexibility index (Phi) is 3.25. The number of nitrogens with two attached hydrogens (primary N) is 1. The lowest BCUT2D eigenvalue weighted by atomic mass is 10.2. The molecule has 4 N–H and O–H groups in total. The molecule has 1 aliphatic rings. The van der Waals surface area contributed by atoms with Crippen LogP contribution in [0.15, 0.2) is 0 Å². The molecule has 1 saturated heterocycles. The average Bonchev–Trinajstić information content (AvgIpc) is 2.55. The standard InChI is InChI=1S/C8H15N3O2/c1-5(7(9)12)11-8(13)6-3-2-4-10-6/h5-6,10H,2-4H2,1H3,(H2,9,12)(H,11,13). The van der Waals surface area contributed by atoms with Gasteiger partial charge in [0.2, 0.25) is 11.8 Å². The van der Waals surface area contributed by atoms with Crippen LogP contribution in [0.1, 0.15) is 19.8 Å². The number of amides is 2. The van der Waals surface area contributed by atoms with Crippen LogP contribution in [-0.4, -0.2) is 30.4 Å². The van der Waals surface area contributed by atoms with E-state index in [2.05, 4.69) is 10.6 Å². The minimum atomic E-state index is -0.588. The number of carbonyl (C=O) groups excluding carboxylic acids is 2. The largest absolute Gasteiger partial charge is 0.368 e. The highest BCUT2D eigenvalue weighted by Crippen LogP contribution is 2.04. The fourth-order valence-electron chi connectivity index (χ4n) is 1.29. The predicted octanol–water partition coefficient (Wildman–Crippen LogP) is -1.27. The Labute approximate surface area is 77.1 Å². The number of hydrogen-bond acceptors (Lipinski definition) is 3. The fraction of sp³-hybridized carbons (Fsp3) is 0.750. The molecule has 0 aromatic heterocycles. The number of nitrogens with one attached hydrogen (secondary N) is 2. The number of rotatable bonds is 3. The molecule has 1 aliphatic heterocycles. The fourth-order valence-corrected chi connectivity index (χ4v) is 1.29. The van der Waals surface area contributed by atoms with E-state index >= 15 is 0 Å². The van der Waals surface area contributed by atoms with E-state index in [4.69, 9.17) is 5.73 Å². The molecule has 1 heterocycles. The normalized spacial score (nSPS) is 23.9. The number of hydrogen-bond donors (Lipinski definition) is 3. The quantitative estimate of drug-likeness (QED) is 0.512. The van der Waals surface area contributed by atoms with E-state index < -0.39 is 11.9 Å². The Hall–Kier alpha value is -1.10. The Bertz CT molecular complexity index is 211. The van der Waals surface area contributed by atoms with Crippen LogP contribution in [0.3, 0.4) is 0 Å². The zero-order chi connectivity index (χ0) is 9.84. The Morgan fingerprint density at radius 1 is 1.62 bits per heavy atom. The zero-order valence-electron chi connectivity index (χ0n) is 7.67. The zero-order valence-corrected chi connectivity index (χ0v) is 7.67. The maximum absolute atomic E-state index is 11.4. The SMILES string of the molecule is CC(NC(=O)C1CCCN1)C(N)=O. The monoisotopic (exact) mass is 185 g/mol. The van der Waals surface area contributed by atoms with Gasteiger partial charge in [-0.2, -0.15) is 0 Å². The summed E-state index contributed by atoms with van der Waals surface area (Å²) in [6, 6.07) is -0.739. The molecular formula is C8H15N3O2. The van der Waals surface area contributed by atoms with Gasteiger partial charge in [-0.1, -0.05) is 0 Å². The molecule has 1 fully saturated rings. The highest BCUT2D eigenvalue weighted by atomic mass is 16.2. The van der Waals surface area contributed by atoms with Crippen molar-refractivity contribution in [3.8, 4) is 0 Å². The molecule has 0 aromatic carbocycles. The van der Waals surface area contributed by atoms with Crippen LogP contribution >= 0.6 is 0 Å². The lowest BCUT2D eigenvalue weighted by Crippen LogP contribution is -2.48. The summed E-state index contributed by atoms with van der Waals surface area (Å²) in [5, 5.41) is 5.58. The first-order valence-electron chi connectivity index (χ1n) is 4.44. The van der Waals surface area contributed by atoms with Crippen LogP contribution in [0.4, 0.5) is 0 Å². The van der Waals surface area contributed by atoms with Gasteiger partial charge in [0.1, 0.15) is 6.04 Å². The summed E-state index contributed by atoms with van der Waals surface area (Å²) in [7, 11) is 0. The molecule has 2 amide bonds. The molecule has 0 aliphatic carbocycles. The second kappa shape index (κ2) is 4.23. The minimum Gasteiger partial charge on any atom is -0.368 e. The molecule has 1 rings (SSSR count). The Morgan fingerprint density at radius 2 is 2.31 bits per heavy atom. The van der Waals surface area contributed by atoms with Crippen molar-refractivity contribution in [1.29, 1.82) is 0 Å². The Balaban J connectivity index is 2.35. The first-order chi connectivity index (χ1) is 6.11. The highest BCUT2D eigenvalue weighted by Gasteiger charge is 2.23. The van der Waals surface area contributed by atoms with Gasteiger partial charge in [0, 0.05) is 0 Å². The van der Waals surface area contributed by atoms with Crippen molar-refractivity contribution < 1.29 is 9.59 Å². The molecule has 5 nitrogen and oxygen atoms in total. The topological polar surface area (TPSA) is 84.2 Å². The summed E-state index contributed by atoms with van der Waals surface area (Å²) in [6.07, 6.45) is 1.83. The van der Waals surface area contributed by atoms with Gasteiger partial charge in [-0.15, -0.1) is 0 Å². The molecule has 5 heteroatoms. The maximum Gasteiger partial charge on any atom is 0.239 e. The first-order valence-corrected chi connectivity index (χ1v) is 4.44. The molecule has 0 saturated carbocycles. The summed E-state index contributed by atoms with van der Waals surface area (Å²) >= 11 is 0. The second-order valence-corrected chi connectivity index (χ2v) is 3.28. The van der Waals surface area contributed by atoms with Gasteiger partial charge in [-0.25, -0.2) is 0 Å². The number of primary amides is 1.